The van der Waals surface area contributed by atoms with Crippen LogP contribution in [-0.4, -0.2) is 9.55 Å². The van der Waals surface area contributed by atoms with Crippen molar-refractivity contribution in [2.75, 3.05) is 0 Å². The van der Waals surface area contributed by atoms with Crippen molar-refractivity contribution in [3.8, 4) is 17.5 Å². The molecule has 0 fully saturated rings. The van der Waals surface area contributed by atoms with E-state index in [1.54, 1.807) is 40.2 Å². The molecule has 0 bridgehead atoms. The quantitative estimate of drug-likeness (QED) is 0.288. The lowest BCUT2D eigenvalue weighted by Crippen LogP contribution is -2.23. The molecule has 0 saturated carbocycles. The summed E-state index contributed by atoms with van der Waals surface area (Å²) in [5.74, 6) is 6.55. The summed E-state index contributed by atoms with van der Waals surface area (Å²) in [6, 6.07) is 23.2. The first-order valence-electron chi connectivity index (χ1n) is 10.7. The molecule has 2 aromatic heterocycles. The second-order valence-electron chi connectivity index (χ2n) is 7.74. The zero-order valence-electron chi connectivity index (χ0n) is 18.3. The Morgan fingerprint density at radius 1 is 0.941 bits per heavy atom. The van der Waals surface area contributed by atoms with Gasteiger partial charge in [0.2, 0.25) is 0 Å². The summed E-state index contributed by atoms with van der Waals surface area (Å²) in [7, 11) is 0. The summed E-state index contributed by atoms with van der Waals surface area (Å²) in [5.41, 5.74) is 3.81. The number of hydrogen-bond donors (Lipinski definition) is 0. The number of aromatic nitrogens is 2. The molecule has 34 heavy (non-hydrogen) atoms. The van der Waals surface area contributed by atoms with E-state index in [1.165, 1.54) is 12.1 Å². The third-order valence-electron chi connectivity index (χ3n) is 5.39. The van der Waals surface area contributed by atoms with Crippen LogP contribution in [-0.2, 0) is 0 Å². The van der Waals surface area contributed by atoms with E-state index in [0.717, 1.165) is 27.3 Å². The molecule has 5 aromatic rings. The molecular weight excluding hydrogens is 443 g/mol. The number of hydrogen-bond acceptors (Lipinski definition) is 3. The Morgan fingerprint density at radius 3 is 2.53 bits per heavy atom. The van der Waals surface area contributed by atoms with Gasteiger partial charge in [-0.05, 0) is 78.0 Å². The first-order valence-corrected chi connectivity index (χ1v) is 11.6. The average molecular weight is 463 g/mol. The summed E-state index contributed by atoms with van der Waals surface area (Å²) in [4.78, 5) is 19.3. The van der Waals surface area contributed by atoms with Gasteiger partial charge in [0.05, 0.1) is 21.5 Å². The highest BCUT2D eigenvalue weighted by atomic mass is 32.1. The number of thiophene rings is 1. The van der Waals surface area contributed by atoms with Crippen molar-refractivity contribution < 1.29 is 4.39 Å². The van der Waals surface area contributed by atoms with Crippen molar-refractivity contribution in [3.05, 3.63) is 128 Å². The molecule has 0 aliphatic rings. The van der Waals surface area contributed by atoms with E-state index < -0.39 is 0 Å². The highest BCUT2D eigenvalue weighted by Crippen LogP contribution is 2.20. The molecule has 0 N–H and O–H groups in total. The van der Waals surface area contributed by atoms with Crippen molar-refractivity contribution >= 4 is 34.4 Å². The lowest BCUT2D eigenvalue weighted by Gasteiger charge is -2.14. The highest BCUT2D eigenvalue weighted by molar-refractivity contribution is 7.10. The van der Waals surface area contributed by atoms with Gasteiger partial charge in [-0.2, -0.15) is 0 Å². The van der Waals surface area contributed by atoms with Crippen molar-refractivity contribution in [2.45, 2.75) is 6.92 Å². The highest BCUT2D eigenvalue weighted by Gasteiger charge is 2.13. The van der Waals surface area contributed by atoms with Gasteiger partial charge >= 0.3 is 0 Å². The van der Waals surface area contributed by atoms with Gasteiger partial charge < -0.3 is 0 Å². The van der Waals surface area contributed by atoms with Crippen LogP contribution >= 0.6 is 11.3 Å². The van der Waals surface area contributed by atoms with E-state index in [1.807, 2.05) is 66.9 Å². The van der Waals surface area contributed by atoms with Gasteiger partial charge in [-0.15, -0.1) is 11.3 Å². The van der Waals surface area contributed by atoms with E-state index in [9.17, 15) is 9.18 Å². The van der Waals surface area contributed by atoms with Crippen molar-refractivity contribution in [1.29, 1.82) is 0 Å². The van der Waals surface area contributed by atoms with Gasteiger partial charge in [-0.25, -0.2) is 9.37 Å². The van der Waals surface area contributed by atoms with Gasteiger partial charge in [0, 0.05) is 5.56 Å². The van der Waals surface area contributed by atoms with E-state index in [0.29, 0.717) is 16.7 Å². The van der Waals surface area contributed by atoms with Crippen molar-refractivity contribution in [1.82, 2.24) is 9.55 Å². The molecular formula is C29H19FN2OS. The van der Waals surface area contributed by atoms with Crippen LogP contribution in [0.3, 0.4) is 0 Å². The van der Waals surface area contributed by atoms with Gasteiger partial charge in [-0.3, -0.25) is 9.36 Å². The van der Waals surface area contributed by atoms with Crippen LogP contribution in [0.4, 0.5) is 4.39 Å². The van der Waals surface area contributed by atoms with Gasteiger partial charge in [0.1, 0.15) is 11.6 Å². The number of nitrogens with zero attached hydrogens (tertiary/aromatic N) is 2. The summed E-state index contributed by atoms with van der Waals surface area (Å²) >= 11 is 1.60. The maximum atomic E-state index is 13.5. The van der Waals surface area contributed by atoms with Gasteiger partial charge in [0.15, 0.2) is 0 Å². The molecule has 0 spiro atoms. The van der Waals surface area contributed by atoms with Gasteiger partial charge in [0.25, 0.3) is 5.56 Å². The number of benzene rings is 3. The molecule has 0 unspecified atom stereocenters. The number of halogens is 1. The second-order valence-corrected chi connectivity index (χ2v) is 8.69. The Labute approximate surface area is 200 Å². The first kappa shape index (κ1) is 21.6. The minimum Gasteiger partial charge on any atom is -0.268 e. The molecule has 0 aliphatic carbocycles. The predicted octanol–water partition coefficient (Wildman–Crippen LogP) is 6.46. The molecule has 2 heterocycles. The minimum absolute atomic E-state index is 0.148. The smallest absolute Gasteiger partial charge is 0.266 e. The van der Waals surface area contributed by atoms with Crippen LogP contribution in [0.5, 0.6) is 0 Å². The number of aryl methyl sites for hydroxylation is 1. The maximum Gasteiger partial charge on any atom is 0.266 e. The fourth-order valence-corrected chi connectivity index (χ4v) is 4.28. The lowest BCUT2D eigenvalue weighted by atomic mass is 10.1. The summed E-state index contributed by atoms with van der Waals surface area (Å²) < 4.78 is 14.9. The van der Waals surface area contributed by atoms with E-state index in [2.05, 4.69) is 11.8 Å². The standard InChI is InChI=1S/C29H19FN2OS/c1-20-19-22(10-15-24-5-4-18-34-24)11-16-27(20)32-28(17-12-21-8-13-23(30)14-9-21)31-26-7-3-2-6-25(26)29(32)33/h2-9,11-14,16-19H,1H3. The molecule has 0 saturated heterocycles. The Bertz CT molecular complexity index is 1640. The van der Waals surface area contributed by atoms with Crippen LogP contribution in [0, 0.1) is 24.6 Å². The van der Waals surface area contributed by atoms with Gasteiger partial charge in [-0.1, -0.05) is 48.2 Å². The zero-order chi connectivity index (χ0) is 23.5. The lowest BCUT2D eigenvalue weighted by molar-refractivity contribution is 0.628. The SMILES string of the molecule is Cc1cc(C#Cc2cccs2)ccc1-n1c(C=Cc2ccc(F)cc2)nc2ccccc2c1=O. The normalized spacial score (nSPS) is 11.0. The largest absolute Gasteiger partial charge is 0.268 e. The molecule has 164 valence electrons. The second kappa shape index (κ2) is 9.30. The van der Waals surface area contributed by atoms with Crippen LogP contribution in [0.15, 0.2) is 89.0 Å². The van der Waals surface area contributed by atoms with Crippen molar-refractivity contribution in [2.24, 2.45) is 0 Å². The summed E-state index contributed by atoms with van der Waals surface area (Å²) in [6.45, 7) is 1.96. The number of para-hydroxylation sites is 1. The third kappa shape index (κ3) is 4.45. The Hall–Kier alpha value is -4.27. The monoisotopic (exact) mass is 462 g/mol. The van der Waals surface area contributed by atoms with E-state index >= 15 is 0 Å². The average Bonchev–Trinajstić information content (AvgIpc) is 3.37. The third-order valence-corrected chi connectivity index (χ3v) is 6.17. The topological polar surface area (TPSA) is 34.9 Å². The molecule has 0 radical (unpaired) electrons. The Balaban J connectivity index is 1.63. The molecule has 0 amide bonds. The maximum absolute atomic E-state index is 13.5. The molecule has 5 rings (SSSR count). The molecule has 5 heteroatoms. The van der Waals surface area contributed by atoms with Crippen LogP contribution in [0.2, 0.25) is 0 Å². The molecule has 0 atom stereocenters. The molecule has 3 aromatic carbocycles. The molecule has 0 aliphatic heterocycles. The fraction of sp³-hybridized carbons (Fsp3) is 0.0345. The number of rotatable bonds is 3. The first-order chi connectivity index (χ1) is 16.6. The summed E-state index contributed by atoms with van der Waals surface area (Å²) in [6.07, 6.45) is 3.60. The number of fused-ring (bicyclic) bond motifs is 1. The summed E-state index contributed by atoms with van der Waals surface area (Å²) in [5, 5.41) is 2.54. The van der Waals surface area contributed by atoms with Crippen LogP contribution < -0.4 is 5.56 Å². The zero-order valence-corrected chi connectivity index (χ0v) is 19.1. The van der Waals surface area contributed by atoms with Crippen LogP contribution in [0.25, 0.3) is 28.7 Å². The minimum atomic E-state index is -0.296. The fourth-order valence-electron chi connectivity index (χ4n) is 3.71. The Morgan fingerprint density at radius 2 is 1.76 bits per heavy atom. The predicted molar refractivity (Wildman–Crippen MR) is 138 cm³/mol. The van der Waals surface area contributed by atoms with Crippen LogP contribution in [0.1, 0.15) is 27.4 Å². The molecule has 3 nitrogen and oxygen atoms in total. The Kier molecular flexibility index (Phi) is 5.90. The van der Waals surface area contributed by atoms with E-state index in [4.69, 9.17) is 4.98 Å². The van der Waals surface area contributed by atoms with Crippen molar-refractivity contribution in [3.63, 3.8) is 0 Å². The van der Waals surface area contributed by atoms with E-state index in [-0.39, 0.29) is 11.4 Å².